The van der Waals surface area contributed by atoms with E-state index in [0.717, 1.165) is 12.3 Å². The van der Waals surface area contributed by atoms with Gasteiger partial charge < -0.3 is 9.47 Å². The topological polar surface area (TPSA) is 135 Å². The fourth-order valence-electron chi connectivity index (χ4n) is 2.99. The lowest BCUT2D eigenvalue weighted by Crippen LogP contribution is -2.45. The van der Waals surface area contributed by atoms with Gasteiger partial charge in [0.15, 0.2) is 6.10 Å². The molecule has 1 unspecified atom stereocenters. The molecule has 5 atom stereocenters. The predicted molar refractivity (Wildman–Crippen MR) is 95.0 cm³/mol. The Kier molecular flexibility index (Phi) is 6.58. The fraction of sp³-hybridized carbons (Fsp3) is 0.688. The summed E-state index contributed by atoms with van der Waals surface area (Å²) in [6.45, 7) is 2.63. The largest absolute Gasteiger partial charge is 0.475 e. The molecule has 14 heteroatoms. The van der Waals surface area contributed by atoms with E-state index in [2.05, 4.69) is 0 Å². The molecule has 1 N–H and O–H groups in total. The number of carbonyl (C=O) groups excluding carboxylic acids is 1. The van der Waals surface area contributed by atoms with E-state index in [1.54, 1.807) is 13.8 Å². The summed E-state index contributed by atoms with van der Waals surface area (Å²) in [6.07, 6.45) is -4.47. The number of aromatic nitrogens is 2. The van der Waals surface area contributed by atoms with Gasteiger partial charge in [0.1, 0.15) is 6.10 Å². The normalized spacial score (nSPS) is 31.1. The van der Waals surface area contributed by atoms with Crippen LogP contribution in [0.4, 0.5) is 8.78 Å². The highest BCUT2D eigenvalue weighted by Crippen LogP contribution is 2.59. The molecule has 2 aliphatic rings. The van der Waals surface area contributed by atoms with Crippen molar-refractivity contribution in [2.75, 3.05) is 19.8 Å². The van der Waals surface area contributed by atoms with Crippen LogP contribution in [0.15, 0.2) is 21.9 Å². The third-order valence-electron chi connectivity index (χ3n) is 4.58. The van der Waals surface area contributed by atoms with Gasteiger partial charge in [-0.15, -0.1) is 0 Å². The van der Waals surface area contributed by atoms with Gasteiger partial charge in [0.05, 0.1) is 25.7 Å². The molecular weight excluding hydrogens is 433 g/mol. The Morgan fingerprint density at radius 1 is 1.47 bits per heavy atom. The summed E-state index contributed by atoms with van der Waals surface area (Å²) >= 11 is 0. The van der Waals surface area contributed by atoms with E-state index in [1.807, 2.05) is 4.98 Å². The van der Waals surface area contributed by atoms with E-state index < -0.39 is 61.9 Å². The minimum atomic E-state index is -4.36. The fourth-order valence-corrected chi connectivity index (χ4v) is 4.40. The number of carbonyl (C=O) groups is 1. The number of hydrogen-bond acceptors (Lipinski definition) is 9. The molecule has 2 fully saturated rings. The molecular formula is C16H21F2N2O9P. The van der Waals surface area contributed by atoms with E-state index in [0.29, 0.717) is 4.57 Å². The van der Waals surface area contributed by atoms with Crippen molar-refractivity contribution in [2.24, 2.45) is 5.92 Å². The first-order valence-corrected chi connectivity index (χ1v) is 10.6. The second-order valence-corrected chi connectivity index (χ2v) is 8.38. The number of rotatable bonds is 7. The number of ether oxygens (including phenoxy) is 2. The van der Waals surface area contributed by atoms with Crippen molar-refractivity contribution in [1.29, 1.82) is 0 Å². The van der Waals surface area contributed by atoms with Crippen molar-refractivity contribution in [1.82, 2.24) is 9.55 Å². The zero-order valence-corrected chi connectivity index (χ0v) is 17.0. The summed E-state index contributed by atoms with van der Waals surface area (Å²) in [7, 11) is -4.36. The van der Waals surface area contributed by atoms with Gasteiger partial charge in [-0.1, -0.05) is 6.92 Å². The molecule has 2 saturated heterocycles. The van der Waals surface area contributed by atoms with Crippen LogP contribution in [-0.2, 0) is 32.4 Å². The van der Waals surface area contributed by atoms with Gasteiger partial charge in [-0.2, -0.15) is 8.78 Å². The molecule has 0 spiro atoms. The molecule has 0 amide bonds. The van der Waals surface area contributed by atoms with Crippen LogP contribution in [0.25, 0.3) is 0 Å². The molecule has 0 saturated carbocycles. The third-order valence-corrected chi connectivity index (χ3v) is 6.03. The minimum absolute atomic E-state index is 0.103. The molecule has 168 valence electrons. The summed E-state index contributed by atoms with van der Waals surface area (Å²) in [6, 6.07) is 0.888. The quantitative estimate of drug-likeness (QED) is 0.476. The van der Waals surface area contributed by atoms with Crippen molar-refractivity contribution in [3.8, 4) is 0 Å². The number of alkyl halides is 2. The van der Waals surface area contributed by atoms with Crippen LogP contribution in [0.1, 0.15) is 26.5 Å². The number of aromatic amines is 1. The molecule has 0 aromatic carbocycles. The Bertz CT molecular complexity index is 949. The molecule has 0 radical (unpaired) electrons. The smallest absolute Gasteiger partial charge is 0.466 e. The summed E-state index contributed by atoms with van der Waals surface area (Å²) in [5.41, 5.74) is -1.86. The molecule has 1 aromatic rings. The Balaban J connectivity index is 1.67. The predicted octanol–water partition coefficient (Wildman–Crippen LogP) is 1.20. The minimum Gasteiger partial charge on any atom is -0.466 e. The zero-order chi connectivity index (χ0) is 22.1. The molecule has 0 aliphatic carbocycles. The third kappa shape index (κ3) is 4.54. The number of nitrogens with one attached hydrogen (secondary N) is 1. The summed E-state index contributed by atoms with van der Waals surface area (Å²) in [4.78, 5) is 36.5. The maximum atomic E-state index is 14.9. The number of phosphoric acid groups is 1. The second kappa shape index (κ2) is 8.67. The Hall–Kier alpha value is -1.92. The van der Waals surface area contributed by atoms with Crippen LogP contribution in [0, 0.1) is 5.92 Å². The lowest BCUT2D eigenvalue weighted by atomic mass is 10.1. The lowest BCUT2D eigenvalue weighted by molar-refractivity contribution is -0.148. The molecule has 1 aromatic heterocycles. The number of fused-ring (bicyclic) bond motifs is 1. The van der Waals surface area contributed by atoms with Gasteiger partial charge in [-0.3, -0.25) is 32.7 Å². The monoisotopic (exact) mass is 454 g/mol. The Labute approximate surface area is 168 Å². The first-order chi connectivity index (χ1) is 14.1. The van der Waals surface area contributed by atoms with Gasteiger partial charge in [0.2, 0.25) is 6.23 Å². The number of esters is 1. The van der Waals surface area contributed by atoms with E-state index in [4.69, 9.17) is 23.0 Å². The first-order valence-electron chi connectivity index (χ1n) is 9.16. The summed E-state index contributed by atoms with van der Waals surface area (Å²) < 4.78 is 67.9. The molecule has 30 heavy (non-hydrogen) atoms. The van der Waals surface area contributed by atoms with Gasteiger partial charge in [0, 0.05) is 12.3 Å². The maximum absolute atomic E-state index is 14.9. The van der Waals surface area contributed by atoms with Crippen LogP contribution >= 0.6 is 7.82 Å². The summed E-state index contributed by atoms with van der Waals surface area (Å²) in [5, 5.41) is 0. The summed E-state index contributed by atoms with van der Waals surface area (Å²) in [5.74, 6) is -4.83. The van der Waals surface area contributed by atoms with Crippen LogP contribution in [0.3, 0.4) is 0 Å². The number of phosphoric ester groups is 1. The van der Waals surface area contributed by atoms with E-state index in [1.165, 1.54) is 0 Å². The Morgan fingerprint density at radius 2 is 2.20 bits per heavy atom. The van der Waals surface area contributed by atoms with Gasteiger partial charge >= 0.3 is 25.4 Å². The van der Waals surface area contributed by atoms with Gasteiger partial charge in [-0.05, 0) is 13.3 Å². The number of nitrogens with zero attached hydrogens (tertiary/aromatic N) is 1. The molecule has 3 rings (SSSR count). The highest BCUT2D eigenvalue weighted by molar-refractivity contribution is 7.48. The maximum Gasteiger partial charge on any atom is 0.475 e. The van der Waals surface area contributed by atoms with Crippen molar-refractivity contribution in [2.45, 2.75) is 44.6 Å². The van der Waals surface area contributed by atoms with Crippen molar-refractivity contribution in [3.05, 3.63) is 33.1 Å². The van der Waals surface area contributed by atoms with Crippen molar-refractivity contribution in [3.63, 3.8) is 0 Å². The van der Waals surface area contributed by atoms with Crippen LogP contribution in [-0.4, -0.2) is 53.5 Å². The molecule has 2 aliphatic heterocycles. The average Bonchev–Trinajstić information content (AvgIpc) is 2.92. The number of H-pyrrole nitrogens is 1. The van der Waals surface area contributed by atoms with Crippen LogP contribution in [0.5, 0.6) is 0 Å². The number of hydrogen-bond donors (Lipinski definition) is 1. The zero-order valence-electron chi connectivity index (χ0n) is 16.1. The SMILES string of the molecule is CCOC(=O)[C@@H](C)CCOP1(=O)OC[C@H]2O[C@@H](n3ccc(=O)[nH]c3=O)C(F)(F)[C@@H]2O1. The van der Waals surface area contributed by atoms with E-state index >= 15 is 0 Å². The molecule has 0 bridgehead atoms. The van der Waals surface area contributed by atoms with Crippen LogP contribution < -0.4 is 11.2 Å². The van der Waals surface area contributed by atoms with Gasteiger partial charge in [-0.25, -0.2) is 9.36 Å². The van der Waals surface area contributed by atoms with E-state index in [-0.39, 0.29) is 19.6 Å². The average molecular weight is 454 g/mol. The second-order valence-electron chi connectivity index (χ2n) is 6.76. The number of halogens is 2. The first kappa shape index (κ1) is 22.8. The van der Waals surface area contributed by atoms with Crippen LogP contribution in [0.2, 0.25) is 0 Å². The van der Waals surface area contributed by atoms with Gasteiger partial charge in [0.25, 0.3) is 5.56 Å². The molecule has 3 heterocycles. The highest BCUT2D eigenvalue weighted by Gasteiger charge is 2.65. The van der Waals surface area contributed by atoms with Crippen molar-refractivity contribution < 1.29 is 41.2 Å². The highest BCUT2D eigenvalue weighted by atomic mass is 31.2. The standard InChI is InChI=1S/C16H21F2N2O9P/c1-3-25-13(22)9(2)5-7-26-30(24)27-8-10-12(29-30)16(17,18)14(28-10)20-6-4-11(21)19-15(20)23/h4,6,9-10,12,14H,3,5,7-8H2,1-2H3,(H,19,21,23)/t9-,10+,12+,14+,30?/m0/s1. The van der Waals surface area contributed by atoms with Crippen molar-refractivity contribution >= 4 is 13.8 Å². The van der Waals surface area contributed by atoms with E-state index in [9.17, 15) is 27.7 Å². The Morgan fingerprint density at radius 3 is 2.87 bits per heavy atom. The molecule has 11 nitrogen and oxygen atoms in total. The lowest BCUT2D eigenvalue weighted by Gasteiger charge is -2.31.